The number of benzene rings is 1. The third kappa shape index (κ3) is 1.76. The lowest BCUT2D eigenvalue weighted by molar-refractivity contribution is -0.119. The Morgan fingerprint density at radius 2 is 2.20 bits per heavy atom. The molecule has 0 atom stereocenters. The van der Waals surface area contributed by atoms with Crippen molar-refractivity contribution in [2.75, 3.05) is 0 Å². The summed E-state index contributed by atoms with van der Waals surface area (Å²) in [7, 11) is 0. The molecule has 2 aromatic rings. The van der Waals surface area contributed by atoms with Gasteiger partial charge in [-0.25, -0.2) is 4.79 Å². The maximum atomic E-state index is 11.4. The summed E-state index contributed by atoms with van der Waals surface area (Å²) in [5, 5.41) is 2.54. The molecule has 0 radical (unpaired) electrons. The van der Waals surface area contributed by atoms with Crippen LogP contribution in [0.4, 0.5) is 0 Å². The number of amides is 1. The molecule has 1 aromatic heterocycles. The van der Waals surface area contributed by atoms with Gasteiger partial charge in [0.1, 0.15) is 6.67 Å². The molecule has 1 heterocycles. The third-order valence-corrected chi connectivity index (χ3v) is 2.06. The number of rotatable bonds is 2. The van der Waals surface area contributed by atoms with Gasteiger partial charge in [0.05, 0.1) is 5.52 Å². The van der Waals surface area contributed by atoms with E-state index in [1.165, 1.54) is 11.5 Å². The van der Waals surface area contributed by atoms with E-state index in [2.05, 4.69) is 5.32 Å². The van der Waals surface area contributed by atoms with E-state index in [1.54, 1.807) is 18.2 Å². The highest BCUT2D eigenvalue weighted by Crippen LogP contribution is 2.10. The van der Waals surface area contributed by atoms with Crippen molar-refractivity contribution in [3.05, 3.63) is 34.8 Å². The molecule has 1 amide bonds. The first-order chi connectivity index (χ1) is 7.18. The van der Waals surface area contributed by atoms with Gasteiger partial charge in [-0.2, -0.15) is 0 Å². The Morgan fingerprint density at radius 1 is 1.47 bits per heavy atom. The number of carbonyl (C=O) groups is 1. The summed E-state index contributed by atoms with van der Waals surface area (Å²) < 4.78 is 6.36. The fraction of sp³-hybridized carbons (Fsp3) is 0.200. The Kier molecular flexibility index (Phi) is 2.29. The van der Waals surface area contributed by atoms with Gasteiger partial charge in [0.2, 0.25) is 5.91 Å². The fourth-order valence-electron chi connectivity index (χ4n) is 1.35. The van der Waals surface area contributed by atoms with Crippen molar-refractivity contribution in [1.82, 2.24) is 9.88 Å². The lowest BCUT2D eigenvalue weighted by Crippen LogP contribution is -2.28. The lowest BCUT2D eigenvalue weighted by atomic mass is 10.3. The number of hydrogen-bond donors (Lipinski definition) is 1. The van der Waals surface area contributed by atoms with Crippen molar-refractivity contribution in [2.24, 2.45) is 0 Å². The van der Waals surface area contributed by atoms with Crippen molar-refractivity contribution >= 4 is 17.0 Å². The molecule has 0 saturated carbocycles. The van der Waals surface area contributed by atoms with E-state index < -0.39 is 5.76 Å². The Morgan fingerprint density at radius 3 is 2.93 bits per heavy atom. The molecule has 0 aliphatic carbocycles. The van der Waals surface area contributed by atoms with Gasteiger partial charge < -0.3 is 9.73 Å². The zero-order chi connectivity index (χ0) is 10.8. The minimum absolute atomic E-state index is 0.130. The van der Waals surface area contributed by atoms with Crippen LogP contribution in [-0.4, -0.2) is 10.5 Å². The Balaban J connectivity index is 2.45. The zero-order valence-corrected chi connectivity index (χ0v) is 8.19. The van der Waals surface area contributed by atoms with Crippen LogP contribution < -0.4 is 11.1 Å². The molecule has 0 fully saturated rings. The number of nitrogens with one attached hydrogen (secondary N) is 1. The van der Waals surface area contributed by atoms with E-state index in [-0.39, 0.29) is 12.6 Å². The summed E-state index contributed by atoms with van der Waals surface area (Å²) in [6.45, 7) is 1.53. The number of nitrogens with zero attached hydrogens (tertiary/aromatic N) is 1. The van der Waals surface area contributed by atoms with Crippen molar-refractivity contribution in [2.45, 2.75) is 13.6 Å². The molecule has 0 bridgehead atoms. The van der Waals surface area contributed by atoms with Crippen molar-refractivity contribution < 1.29 is 9.21 Å². The first-order valence-corrected chi connectivity index (χ1v) is 4.51. The monoisotopic (exact) mass is 206 g/mol. The van der Waals surface area contributed by atoms with Crippen LogP contribution in [0.5, 0.6) is 0 Å². The number of hydrogen-bond acceptors (Lipinski definition) is 3. The van der Waals surface area contributed by atoms with E-state index in [0.29, 0.717) is 11.1 Å². The molecular weight excluding hydrogens is 196 g/mol. The van der Waals surface area contributed by atoms with Crippen molar-refractivity contribution in [3.8, 4) is 0 Å². The third-order valence-electron chi connectivity index (χ3n) is 2.06. The predicted molar refractivity (Wildman–Crippen MR) is 54.3 cm³/mol. The molecule has 15 heavy (non-hydrogen) atoms. The van der Waals surface area contributed by atoms with Crippen LogP contribution >= 0.6 is 0 Å². The van der Waals surface area contributed by atoms with Gasteiger partial charge in [-0.1, -0.05) is 12.1 Å². The topological polar surface area (TPSA) is 64.2 Å². The SMILES string of the molecule is CC(=O)NCn1c(=O)oc2ccccc21. The van der Waals surface area contributed by atoms with Crippen LogP contribution in [-0.2, 0) is 11.5 Å². The molecular formula is C10H10N2O3. The molecule has 2 rings (SSSR count). The molecule has 0 aliphatic rings. The van der Waals surface area contributed by atoms with E-state index in [1.807, 2.05) is 6.07 Å². The van der Waals surface area contributed by atoms with Gasteiger partial charge in [-0.15, -0.1) is 0 Å². The molecule has 5 nitrogen and oxygen atoms in total. The van der Waals surface area contributed by atoms with Crippen LogP contribution in [0.1, 0.15) is 6.92 Å². The smallest absolute Gasteiger partial charge is 0.408 e. The highest BCUT2D eigenvalue weighted by atomic mass is 16.4. The average molecular weight is 206 g/mol. The number of para-hydroxylation sites is 2. The Bertz CT molecular complexity index is 553. The van der Waals surface area contributed by atoms with Gasteiger partial charge in [-0.05, 0) is 12.1 Å². The summed E-state index contributed by atoms with van der Waals surface area (Å²) in [5.74, 6) is -0.655. The minimum atomic E-state index is -0.468. The molecule has 78 valence electrons. The zero-order valence-electron chi connectivity index (χ0n) is 8.19. The largest absolute Gasteiger partial charge is 0.421 e. The minimum Gasteiger partial charge on any atom is -0.408 e. The van der Waals surface area contributed by atoms with Crippen LogP contribution in [0.3, 0.4) is 0 Å². The first kappa shape index (κ1) is 9.51. The molecule has 0 unspecified atom stereocenters. The number of aromatic nitrogens is 1. The predicted octanol–water partition coefficient (Wildman–Crippen LogP) is 0.688. The van der Waals surface area contributed by atoms with Gasteiger partial charge in [-0.3, -0.25) is 9.36 Å². The number of fused-ring (bicyclic) bond motifs is 1. The highest BCUT2D eigenvalue weighted by molar-refractivity contribution is 5.74. The van der Waals surface area contributed by atoms with Gasteiger partial charge >= 0.3 is 5.76 Å². The summed E-state index contributed by atoms with van der Waals surface area (Å²) in [5.41, 5.74) is 1.20. The van der Waals surface area contributed by atoms with E-state index in [0.717, 1.165) is 0 Å². The Hall–Kier alpha value is -2.04. The van der Waals surface area contributed by atoms with E-state index in [9.17, 15) is 9.59 Å². The van der Waals surface area contributed by atoms with Crippen LogP contribution in [0.2, 0.25) is 0 Å². The number of carbonyl (C=O) groups excluding carboxylic acids is 1. The molecule has 0 saturated heterocycles. The number of oxazole rings is 1. The maximum absolute atomic E-state index is 11.4. The Labute approximate surface area is 85.3 Å². The molecule has 5 heteroatoms. The second kappa shape index (κ2) is 3.61. The summed E-state index contributed by atoms with van der Waals surface area (Å²) in [6.07, 6.45) is 0. The average Bonchev–Trinajstić information content (AvgIpc) is 2.50. The van der Waals surface area contributed by atoms with Gasteiger partial charge in [0.15, 0.2) is 5.58 Å². The van der Waals surface area contributed by atoms with Gasteiger partial charge in [0.25, 0.3) is 0 Å². The first-order valence-electron chi connectivity index (χ1n) is 4.51. The summed E-state index contributed by atoms with van der Waals surface area (Å²) in [4.78, 5) is 22.1. The standard InChI is InChI=1S/C10H10N2O3/c1-7(13)11-6-12-8-4-2-3-5-9(8)15-10(12)14/h2-5H,6H2,1H3,(H,11,13). The molecule has 1 N–H and O–H groups in total. The van der Waals surface area contributed by atoms with Crippen molar-refractivity contribution in [1.29, 1.82) is 0 Å². The molecule has 0 aliphatic heterocycles. The second-order valence-electron chi connectivity index (χ2n) is 3.15. The fourth-order valence-corrected chi connectivity index (χ4v) is 1.35. The van der Waals surface area contributed by atoms with Crippen LogP contribution in [0.15, 0.2) is 33.5 Å². The van der Waals surface area contributed by atoms with E-state index in [4.69, 9.17) is 4.42 Å². The molecule has 1 aromatic carbocycles. The quantitative estimate of drug-likeness (QED) is 0.786. The van der Waals surface area contributed by atoms with Crippen LogP contribution in [0, 0.1) is 0 Å². The highest BCUT2D eigenvalue weighted by Gasteiger charge is 2.07. The van der Waals surface area contributed by atoms with E-state index >= 15 is 0 Å². The lowest BCUT2D eigenvalue weighted by Gasteiger charge is -2.01. The second-order valence-corrected chi connectivity index (χ2v) is 3.15. The summed E-state index contributed by atoms with van der Waals surface area (Å²) in [6, 6.07) is 7.07. The summed E-state index contributed by atoms with van der Waals surface area (Å²) >= 11 is 0. The van der Waals surface area contributed by atoms with Gasteiger partial charge in [0, 0.05) is 6.92 Å². The van der Waals surface area contributed by atoms with Crippen LogP contribution in [0.25, 0.3) is 11.1 Å². The normalized spacial score (nSPS) is 10.5. The maximum Gasteiger partial charge on any atom is 0.421 e. The van der Waals surface area contributed by atoms with Crippen molar-refractivity contribution in [3.63, 3.8) is 0 Å². The molecule has 0 spiro atoms.